The van der Waals surface area contributed by atoms with Gasteiger partial charge in [-0.15, -0.1) is 0 Å². The van der Waals surface area contributed by atoms with Crippen LogP contribution >= 0.6 is 11.8 Å². The Labute approximate surface area is 134 Å². The molecule has 0 saturated carbocycles. The van der Waals surface area contributed by atoms with Crippen LogP contribution in [-0.2, 0) is 10.0 Å². The number of thioether (sulfide) groups is 1. The van der Waals surface area contributed by atoms with Crippen molar-refractivity contribution in [1.29, 1.82) is 0 Å². The van der Waals surface area contributed by atoms with Crippen LogP contribution in [-0.4, -0.2) is 36.2 Å². The zero-order valence-corrected chi connectivity index (χ0v) is 14.1. The molecule has 0 atom stereocenters. The molecular weight excluding hydrogens is 322 g/mol. The van der Waals surface area contributed by atoms with Gasteiger partial charge in [0.1, 0.15) is 0 Å². The molecule has 9 heteroatoms. The summed E-state index contributed by atoms with van der Waals surface area (Å²) in [5, 5.41) is 3.38. The summed E-state index contributed by atoms with van der Waals surface area (Å²) in [4.78, 5) is 12.4. The van der Waals surface area contributed by atoms with Crippen molar-refractivity contribution in [1.82, 2.24) is 15.0 Å². The maximum absolute atomic E-state index is 12.3. The number of benzene rings is 1. The van der Waals surface area contributed by atoms with Crippen LogP contribution in [0.15, 0.2) is 34.3 Å². The predicted molar refractivity (Wildman–Crippen MR) is 87.8 cm³/mol. The maximum atomic E-state index is 12.3. The van der Waals surface area contributed by atoms with E-state index in [0.29, 0.717) is 17.6 Å². The fourth-order valence-electron chi connectivity index (χ4n) is 1.63. The van der Waals surface area contributed by atoms with Crippen molar-refractivity contribution in [3.05, 3.63) is 29.8 Å². The third kappa shape index (κ3) is 4.08. The van der Waals surface area contributed by atoms with Gasteiger partial charge in [0.25, 0.3) is 10.0 Å². The molecule has 2 aromatic rings. The molecule has 0 fully saturated rings. The van der Waals surface area contributed by atoms with Gasteiger partial charge >= 0.3 is 0 Å². The van der Waals surface area contributed by atoms with Crippen LogP contribution in [0.1, 0.15) is 12.5 Å². The molecule has 22 heavy (non-hydrogen) atoms. The van der Waals surface area contributed by atoms with E-state index in [1.807, 2.05) is 20.1 Å². The van der Waals surface area contributed by atoms with Crippen molar-refractivity contribution in [2.24, 2.45) is 0 Å². The molecule has 2 rings (SSSR count). The summed E-state index contributed by atoms with van der Waals surface area (Å²) in [5.74, 6) is 0.333. The molecule has 1 aromatic heterocycles. The molecule has 0 amide bonds. The lowest BCUT2D eigenvalue weighted by Crippen LogP contribution is -2.16. The molecule has 0 bridgehead atoms. The summed E-state index contributed by atoms with van der Waals surface area (Å²) < 4.78 is 27.1. The van der Waals surface area contributed by atoms with Gasteiger partial charge in [-0.3, -0.25) is 0 Å². The number of rotatable bonds is 6. The van der Waals surface area contributed by atoms with Gasteiger partial charge in [-0.05, 0) is 32.2 Å². The largest absolute Gasteiger partial charge is 0.354 e. The number of sulfonamides is 1. The van der Waals surface area contributed by atoms with Gasteiger partial charge in [0.15, 0.2) is 5.16 Å². The molecule has 0 spiro atoms. The van der Waals surface area contributed by atoms with Crippen molar-refractivity contribution in [2.75, 3.05) is 22.8 Å². The summed E-state index contributed by atoms with van der Waals surface area (Å²) >= 11 is 1.31. The van der Waals surface area contributed by atoms with E-state index in [9.17, 15) is 8.42 Å². The molecule has 0 saturated heterocycles. The topological polar surface area (TPSA) is 96.9 Å². The fraction of sp³-hybridized carbons (Fsp3) is 0.308. The van der Waals surface area contributed by atoms with E-state index in [0.717, 1.165) is 5.56 Å². The van der Waals surface area contributed by atoms with E-state index >= 15 is 0 Å². The van der Waals surface area contributed by atoms with Crippen LogP contribution in [0.3, 0.4) is 0 Å². The van der Waals surface area contributed by atoms with Gasteiger partial charge in [-0.1, -0.05) is 29.5 Å². The molecule has 0 unspecified atom stereocenters. The maximum Gasteiger partial charge on any atom is 0.264 e. The number of aryl methyl sites for hydroxylation is 1. The first kappa shape index (κ1) is 16.5. The van der Waals surface area contributed by atoms with E-state index < -0.39 is 10.0 Å². The second-order valence-corrected chi connectivity index (χ2v) is 6.87. The quantitative estimate of drug-likeness (QED) is 0.778. The Balaban J connectivity index is 2.32. The lowest BCUT2D eigenvalue weighted by Gasteiger charge is -2.09. The minimum atomic E-state index is -3.73. The van der Waals surface area contributed by atoms with E-state index in [1.165, 1.54) is 11.8 Å². The molecular formula is C13H17N5O2S2. The van der Waals surface area contributed by atoms with Crippen molar-refractivity contribution in [2.45, 2.75) is 23.9 Å². The van der Waals surface area contributed by atoms with E-state index in [1.54, 1.807) is 24.3 Å². The smallest absolute Gasteiger partial charge is 0.264 e. The summed E-state index contributed by atoms with van der Waals surface area (Å²) in [6, 6.07) is 6.55. The second kappa shape index (κ2) is 6.93. The third-order valence-corrected chi connectivity index (χ3v) is 4.58. The Morgan fingerprint density at radius 2 is 1.73 bits per heavy atom. The Morgan fingerprint density at radius 1 is 1.09 bits per heavy atom. The van der Waals surface area contributed by atoms with E-state index in [-0.39, 0.29) is 10.8 Å². The van der Waals surface area contributed by atoms with E-state index in [2.05, 4.69) is 25.0 Å². The molecule has 0 radical (unpaired) electrons. The lowest BCUT2D eigenvalue weighted by atomic mass is 10.2. The Morgan fingerprint density at radius 3 is 2.32 bits per heavy atom. The Bertz CT molecular complexity index is 748. The van der Waals surface area contributed by atoms with Gasteiger partial charge in [-0.2, -0.15) is 15.0 Å². The minimum Gasteiger partial charge on any atom is -0.354 e. The number of hydrogen-bond acceptors (Lipinski definition) is 7. The van der Waals surface area contributed by atoms with Gasteiger partial charge in [-0.25, -0.2) is 13.1 Å². The van der Waals surface area contributed by atoms with Gasteiger partial charge < -0.3 is 5.32 Å². The fourth-order valence-corrected chi connectivity index (χ4v) is 2.93. The summed E-state index contributed by atoms with van der Waals surface area (Å²) in [5.41, 5.74) is 0.984. The molecule has 7 nitrogen and oxygen atoms in total. The van der Waals surface area contributed by atoms with Crippen LogP contribution in [0.5, 0.6) is 0 Å². The van der Waals surface area contributed by atoms with Crippen molar-refractivity contribution in [3.8, 4) is 0 Å². The average molecular weight is 339 g/mol. The normalized spacial score (nSPS) is 11.2. The first-order valence-corrected chi connectivity index (χ1v) is 9.29. The first-order valence-electron chi connectivity index (χ1n) is 6.58. The van der Waals surface area contributed by atoms with Crippen molar-refractivity contribution < 1.29 is 8.42 Å². The molecule has 1 aromatic carbocycles. The molecule has 2 N–H and O–H groups in total. The Kier molecular flexibility index (Phi) is 5.19. The predicted octanol–water partition coefficient (Wildman–Crippen LogP) is 2.13. The van der Waals surface area contributed by atoms with Crippen molar-refractivity contribution in [3.63, 3.8) is 0 Å². The van der Waals surface area contributed by atoms with Crippen LogP contribution in [0.4, 0.5) is 11.9 Å². The van der Waals surface area contributed by atoms with Gasteiger partial charge in [0.05, 0.1) is 4.90 Å². The number of hydrogen-bond donors (Lipinski definition) is 2. The summed E-state index contributed by atoms with van der Waals surface area (Å²) in [7, 11) is -3.73. The highest BCUT2D eigenvalue weighted by Gasteiger charge is 2.17. The lowest BCUT2D eigenvalue weighted by molar-refractivity contribution is 0.600. The molecule has 0 aliphatic heterocycles. The average Bonchev–Trinajstić information content (AvgIpc) is 2.47. The minimum absolute atomic E-state index is 0.00382. The number of aromatic nitrogens is 3. The monoisotopic (exact) mass is 339 g/mol. The third-order valence-electron chi connectivity index (χ3n) is 2.69. The summed E-state index contributed by atoms with van der Waals surface area (Å²) in [6.07, 6.45) is 1.81. The van der Waals surface area contributed by atoms with Gasteiger partial charge in [0, 0.05) is 6.54 Å². The zero-order chi connectivity index (χ0) is 16.2. The van der Waals surface area contributed by atoms with Crippen LogP contribution < -0.4 is 10.0 Å². The number of nitrogens with zero attached hydrogens (tertiary/aromatic N) is 3. The van der Waals surface area contributed by atoms with Crippen LogP contribution in [0, 0.1) is 6.92 Å². The molecule has 0 aliphatic rings. The highest BCUT2D eigenvalue weighted by molar-refractivity contribution is 7.98. The van der Waals surface area contributed by atoms with Crippen LogP contribution in [0.2, 0.25) is 0 Å². The highest BCUT2D eigenvalue weighted by atomic mass is 32.2. The highest BCUT2D eigenvalue weighted by Crippen LogP contribution is 2.17. The molecule has 1 heterocycles. The number of nitrogens with one attached hydrogen (secondary N) is 2. The second-order valence-electron chi connectivity index (χ2n) is 4.42. The van der Waals surface area contributed by atoms with E-state index in [4.69, 9.17) is 0 Å². The van der Waals surface area contributed by atoms with Crippen molar-refractivity contribution >= 4 is 33.7 Å². The summed E-state index contributed by atoms with van der Waals surface area (Å²) in [6.45, 7) is 4.42. The SMILES string of the molecule is CCNc1nc(NS(=O)(=O)c2ccc(C)cc2)nc(SC)n1. The zero-order valence-electron chi connectivity index (χ0n) is 12.5. The number of anilines is 2. The molecule has 118 valence electrons. The first-order chi connectivity index (χ1) is 10.4. The van der Waals surface area contributed by atoms with Crippen LogP contribution in [0.25, 0.3) is 0 Å². The standard InChI is InChI=1S/C13H17N5O2S2/c1-4-14-11-15-12(17-13(16-11)21-3)18-22(19,20)10-7-5-9(2)6-8-10/h5-8H,4H2,1-3H3,(H2,14,15,16,17,18). The molecule has 0 aliphatic carbocycles. The Hall–Kier alpha value is -1.87. The van der Waals surface area contributed by atoms with Gasteiger partial charge in [0.2, 0.25) is 11.9 Å².